The van der Waals surface area contributed by atoms with Crippen LogP contribution in [0.4, 0.5) is 23.4 Å². The lowest BCUT2D eigenvalue weighted by atomic mass is 10.3. The van der Waals surface area contributed by atoms with Crippen molar-refractivity contribution in [1.82, 2.24) is 4.98 Å². The first kappa shape index (κ1) is 8.76. The summed E-state index contributed by atoms with van der Waals surface area (Å²) < 4.78 is 47.9. The molecule has 0 amide bonds. The SMILES string of the molecule is Nc1cc(F)cc(C(F)(F)F)n1. The predicted octanol–water partition coefficient (Wildman–Crippen LogP) is 1.82. The number of pyridine rings is 1. The Bertz CT molecular complexity index is 274. The van der Waals surface area contributed by atoms with E-state index in [1.165, 1.54) is 0 Å². The van der Waals surface area contributed by atoms with Crippen molar-refractivity contribution in [3.8, 4) is 0 Å². The van der Waals surface area contributed by atoms with Gasteiger partial charge in [0.25, 0.3) is 0 Å². The highest BCUT2D eigenvalue weighted by atomic mass is 19.4. The van der Waals surface area contributed by atoms with Crippen LogP contribution in [0.15, 0.2) is 12.1 Å². The molecule has 0 aromatic carbocycles. The summed E-state index contributed by atoms with van der Waals surface area (Å²) in [6, 6.07) is 1.01. The molecule has 2 N–H and O–H groups in total. The third-order valence-corrected chi connectivity index (χ3v) is 1.10. The van der Waals surface area contributed by atoms with Gasteiger partial charge in [0.1, 0.15) is 17.3 Å². The number of hydrogen-bond acceptors (Lipinski definition) is 2. The fraction of sp³-hybridized carbons (Fsp3) is 0.167. The topological polar surface area (TPSA) is 38.9 Å². The fourth-order valence-corrected chi connectivity index (χ4v) is 0.662. The highest BCUT2D eigenvalue weighted by molar-refractivity contribution is 5.30. The zero-order valence-corrected chi connectivity index (χ0v) is 5.69. The van der Waals surface area contributed by atoms with Gasteiger partial charge in [-0.1, -0.05) is 0 Å². The molecule has 6 heteroatoms. The number of nitrogens with zero attached hydrogens (tertiary/aromatic N) is 1. The van der Waals surface area contributed by atoms with Crippen LogP contribution in [0.2, 0.25) is 0 Å². The zero-order valence-electron chi connectivity index (χ0n) is 5.69. The van der Waals surface area contributed by atoms with Crippen LogP contribution < -0.4 is 5.73 Å². The first-order valence-electron chi connectivity index (χ1n) is 2.90. The molecular weight excluding hydrogens is 176 g/mol. The van der Waals surface area contributed by atoms with Gasteiger partial charge in [-0.3, -0.25) is 0 Å². The van der Waals surface area contributed by atoms with Crippen LogP contribution in [0.3, 0.4) is 0 Å². The van der Waals surface area contributed by atoms with Crippen molar-refractivity contribution in [2.45, 2.75) is 6.18 Å². The Kier molecular flexibility index (Phi) is 1.91. The lowest BCUT2D eigenvalue weighted by Crippen LogP contribution is -2.09. The average molecular weight is 180 g/mol. The van der Waals surface area contributed by atoms with Crippen LogP contribution in [0.25, 0.3) is 0 Å². The molecule has 1 aromatic rings. The molecule has 1 aromatic heterocycles. The van der Waals surface area contributed by atoms with E-state index in [2.05, 4.69) is 4.98 Å². The van der Waals surface area contributed by atoms with Crippen molar-refractivity contribution >= 4 is 5.82 Å². The Morgan fingerprint density at radius 3 is 2.25 bits per heavy atom. The van der Waals surface area contributed by atoms with E-state index in [0.29, 0.717) is 0 Å². The average Bonchev–Trinajstić information content (AvgIpc) is 1.82. The molecule has 0 saturated heterocycles. The second-order valence-electron chi connectivity index (χ2n) is 2.09. The van der Waals surface area contributed by atoms with Crippen LogP contribution in [-0.4, -0.2) is 4.98 Å². The standard InChI is InChI=1S/C6H4F4N2/c7-3-1-4(6(8,9)10)12-5(11)2-3/h1-2H,(H2,11,12). The number of aromatic nitrogens is 1. The molecule has 2 nitrogen and oxygen atoms in total. The fourth-order valence-electron chi connectivity index (χ4n) is 0.662. The van der Waals surface area contributed by atoms with Gasteiger partial charge in [0.15, 0.2) is 0 Å². The van der Waals surface area contributed by atoms with Crippen molar-refractivity contribution in [2.24, 2.45) is 0 Å². The molecule has 0 aliphatic carbocycles. The molecule has 12 heavy (non-hydrogen) atoms. The van der Waals surface area contributed by atoms with Gasteiger partial charge in [-0.05, 0) is 0 Å². The van der Waals surface area contributed by atoms with Gasteiger partial charge in [0.2, 0.25) is 0 Å². The van der Waals surface area contributed by atoms with Gasteiger partial charge in [-0.2, -0.15) is 13.2 Å². The van der Waals surface area contributed by atoms with Crippen molar-refractivity contribution < 1.29 is 17.6 Å². The number of alkyl halides is 3. The zero-order chi connectivity index (χ0) is 9.35. The summed E-state index contributed by atoms with van der Waals surface area (Å²) in [5.41, 5.74) is 3.59. The number of nitrogens with two attached hydrogens (primary N) is 1. The normalized spacial score (nSPS) is 11.7. The van der Waals surface area contributed by atoms with Crippen molar-refractivity contribution in [3.05, 3.63) is 23.6 Å². The number of halogens is 4. The Hall–Kier alpha value is -1.33. The smallest absolute Gasteiger partial charge is 0.384 e. The summed E-state index contributed by atoms with van der Waals surface area (Å²) in [5, 5.41) is 0. The molecule has 0 aliphatic heterocycles. The third-order valence-electron chi connectivity index (χ3n) is 1.10. The minimum absolute atomic E-state index is 0.288. The van der Waals surface area contributed by atoms with E-state index in [9.17, 15) is 17.6 Å². The predicted molar refractivity (Wildman–Crippen MR) is 33.6 cm³/mol. The molecule has 0 atom stereocenters. The maximum absolute atomic E-state index is 12.3. The molecule has 0 radical (unpaired) electrons. The second-order valence-corrected chi connectivity index (χ2v) is 2.09. The van der Waals surface area contributed by atoms with E-state index in [-0.39, 0.29) is 6.07 Å². The summed E-state index contributed by atoms with van der Waals surface area (Å²) in [4.78, 5) is 2.92. The van der Waals surface area contributed by atoms with Crippen LogP contribution in [0.5, 0.6) is 0 Å². The molecular formula is C6H4F4N2. The van der Waals surface area contributed by atoms with E-state index in [1.54, 1.807) is 0 Å². The summed E-state index contributed by atoms with van der Waals surface area (Å²) in [6.07, 6.45) is -4.66. The molecule has 1 heterocycles. The van der Waals surface area contributed by atoms with Gasteiger partial charge < -0.3 is 5.73 Å². The number of rotatable bonds is 0. The number of anilines is 1. The minimum atomic E-state index is -4.66. The van der Waals surface area contributed by atoms with Crippen molar-refractivity contribution in [2.75, 3.05) is 5.73 Å². The summed E-state index contributed by atoms with van der Waals surface area (Å²) >= 11 is 0. The molecule has 0 unspecified atom stereocenters. The molecule has 1 rings (SSSR count). The van der Waals surface area contributed by atoms with E-state index in [1.807, 2.05) is 0 Å². The quantitative estimate of drug-likeness (QED) is 0.618. The van der Waals surface area contributed by atoms with Gasteiger partial charge in [0, 0.05) is 12.1 Å². The minimum Gasteiger partial charge on any atom is -0.384 e. The maximum atomic E-state index is 12.3. The highest BCUT2D eigenvalue weighted by Crippen LogP contribution is 2.28. The highest BCUT2D eigenvalue weighted by Gasteiger charge is 2.33. The lowest BCUT2D eigenvalue weighted by molar-refractivity contribution is -0.141. The summed E-state index contributed by atoms with van der Waals surface area (Å²) in [7, 11) is 0. The van der Waals surface area contributed by atoms with Crippen LogP contribution in [-0.2, 0) is 6.18 Å². The molecule has 66 valence electrons. The molecule has 0 fully saturated rings. The Morgan fingerprint density at radius 2 is 1.83 bits per heavy atom. The van der Waals surface area contributed by atoms with E-state index < -0.39 is 23.5 Å². The van der Waals surface area contributed by atoms with Gasteiger partial charge >= 0.3 is 6.18 Å². The van der Waals surface area contributed by atoms with Crippen molar-refractivity contribution in [1.29, 1.82) is 0 Å². The van der Waals surface area contributed by atoms with Crippen LogP contribution in [0, 0.1) is 5.82 Å². The Labute approximate surface area is 65.0 Å². The van der Waals surface area contributed by atoms with Crippen molar-refractivity contribution in [3.63, 3.8) is 0 Å². The first-order valence-corrected chi connectivity index (χ1v) is 2.90. The van der Waals surface area contributed by atoms with E-state index in [0.717, 1.165) is 6.07 Å². The summed E-state index contributed by atoms with van der Waals surface area (Å²) in [6.45, 7) is 0. The monoisotopic (exact) mass is 180 g/mol. The van der Waals surface area contributed by atoms with Gasteiger partial charge in [-0.15, -0.1) is 0 Å². The van der Waals surface area contributed by atoms with Gasteiger partial charge in [0.05, 0.1) is 0 Å². The second kappa shape index (κ2) is 2.62. The molecule has 0 bridgehead atoms. The lowest BCUT2D eigenvalue weighted by Gasteiger charge is -2.05. The third kappa shape index (κ3) is 1.84. The molecule has 0 spiro atoms. The maximum Gasteiger partial charge on any atom is 0.433 e. The van der Waals surface area contributed by atoms with Gasteiger partial charge in [-0.25, -0.2) is 9.37 Å². The van der Waals surface area contributed by atoms with E-state index >= 15 is 0 Å². The Morgan fingerprint density at radius 1 is 1.25 bits per heavy atom. The molecule has 0 saturated carbocycles. The largest absolute Gasteiger partial charge is 0.433 e. The van der Waals surface area contributed by atoms with Crippen LogP contribution >= 0.6 is 0 Å². The Balaban J connectivity index is 3.18. The number of hydrogen-bond donors (Lipinski definition) is 1. The first-order chi connectivity index (χ1) is 5.39. The molecule has 0 aliphatic rings. The summed E-state index contributed by atoms with van der Waals surface area (Å²) in [5.74, 6) is -1.53. The van der Waals surface area contributed by atoms with E-state index in [4.69, 9.17) is 5.73 Å². The number of nitrogen functional groups attached to an aromatic ring is 1. The van der Waals surface area contributed by atoms with Crippen LogP contribution in [0.1, 0.15) is 5.69 Å².